The molecule has 0 saturated heterocycles. The summed E-state index contributed by atoms with van der Waals surface area (Å²) in [4.78, 5) is 4.65. The Balaban J connectivity index is 1.74. The SMILES string of the molecule is COc1ccccc1-c1nc(CSc2nnc(N)s2)cs1. The van der Waals surface area contributed by atoms with Gasteiger partial charge < -0.3 is 10.5 Å². The first-order valence-electron chi connectivity index (χ1n) is 6.06. The molecule has 0 aliphatic heterocycles. The summed E-state index contributed by atoms with van der Waals surface area (Å²) in [6.45, 7) is 0. The van der Waals surface area contributed by atoms with Crippen molar-refractivity contribution in [2.45, 2.75) is 10.1 Å². The number of aromatic nitrogens is 3. The van der Waals surface area contributed by atoms with Crippen LogP contribution in [0.5, 0.6) is 5.75 Å². The molecule has 5 nitrogen and oxygen atoms in total. The van der Waals surface area contributed by atoms with E-state index >= 15 is 0 Å². The highest BCUT2D eigenvalue weighted by Crippen LogP contribution is 2.33. The van der Waals surface area contributed by atoms with Gasteiger partial charge in [-0.1, -0.05) is 35.2 Å². The standard InChI is InChI=1S/C13H12N4OS3/c1-18-10-5-3-2-4-9(10)11-15-8(6-19-11)7-20-13-17-16-12(14)21-13/h2-6H,7H2,1H3,(H2,14,16). The molecule has 2 N–H and O–H groups in total. The highest BCUT2D eigenvalue weighted by atomic mass is 32.2. The predicted octanol–water partition coefficient (Wildman–Crippen LogP) is 3.54. The van der Waals surface area contributed by atoms with E-state index < -0.39 is 0 Å². The van der Waals surface area contributed by atoms with Crippen molar-refractivity contribution in [2.24, 2.45) is 0 Å². The van der Waals surface area contributed by atoms with Crippen LogP contribution < -0.4 is 10.5 Å². The molecular formula is C13H12N4OS3. The highest BCUT2D eigenvalue weighted by molar-refractivity contribution is 8.00. The lowest BCUT2D eigenvalue weighted by Crippen LogP contribution is -1.87. The number of hydrogen-bond acceptors (Lipinski definition) is 8. The fourth-order valence-corrected chi connectivity index (χ4v) is 4.22. The first kappa shape index (κ1) is 14.3. The molecule has 0 fully saturated rings. The second-order valence-electron chi connectivity index (χ2n) is 4.04. The number of thioether (sulfide) groups is 1. The van der Waals surface area contributed by atoms with Crippen LogP contribution in [0.25, 0.3) is 10.6 Å². The fraction of sp³-hybridized carbons (Fsp3) is 0.154. The fourth-order valence-electron chi connectivity index (χ4n) is 1.73. The molecule has 0 atom stereocenters. The molecule has 2 aromatic heterocycles. The molecule has 2 heterocycles. The number of anilines is 1. The number of nitrogens with zero attached hydrogens (tertiary/aromatic N) is 3. The van der Waals surface area contributed by atoms with Gasteiger partial charge in [0.15, 0.2) is 4.34 Å². The third-order valence-electron chi connectivity index (χ3n) is 2.65. The molecule has 0 spiro atoms. The molecule has 0 amide bonds. The van der Waals surface area contributed by atoms with Crippen LogP contribution >= 0.6 is 34.4 Å². The molecule has 0 radical (unpaired) electrons. The van der Waals surface area contributed by atoms with Crippen molar-refractivity contribution in [1.29, 1.82) is 0 Å². The van der Waals surface area contributed by atoms with E-state index in [0.29, 0.717) is 5.13 Å². The van der Waals surface area contributed by atoms with Crippen molar-refractivity contribution in [3.05, 3.63) is 35.3 Å². The summed E-state index contributed by atoms with van der Waals surface area (Å²) in [5.74, 6) is 1.59. The molecule has 21 heavy (non-hydrogen) atoms. The number of ether oxygens (including phenoxy) is 1. The third-order valence-corrected chi connectivity index (χ3v) is 5.50. The molecule has 0 aliphatic carbocycles. The summed E-state index contributed by atoms with van der Waals surface area (Å²) >= 11 is 4.59. The molecule has 0 aliphatic rings. The predicted molar refractivity (Wildman–Crippen MR) is 88.0 cm³/mol. The second kappa shape index (κ2) is 6.42. The zero-order valence-electron chi connectivity index (χ0n) is 11.1. The summed E-state index contributed by atoms with van der Waals surface area (Å²) in [6.07, 6.45) is 0. The van der Waals surface area contributed by atoms with Crippen molar-refractivity contribution in [1.82, 2.24) is 15.2 Å². The molecule has 1 aromatic carbocycles. The van der Waals surface area contributed by atoms with Gasteiger partial charge in [-0.2, -0.15) is 0 Å². The number of nitrogens with two attached hydrogens (primary N) is 1. The lowest BCUT2D eigenvalue weighted by molar-refractivity contribution is 0.416. The Labute approximate surface area is 134 Å². The summed E-state index contributed by atoms with van der Waals surface area (Å²) in [6, 6.07) is 7.89. The Morgan fingerprint density at radius 1 is 1.29 bits per heavy atom. The van der Waals surface area contributed by atoms with Crippen LogP contribution in [0.2, 0.25) is 0 Å². The minimum absolute atomic E-state index is 0.491. The van der Waals surface area contributed by atoms with Crippen LogP contribution in [0.3, 0.4) is 0 Å². The Morgan fingerprint density at radius 3 is 2.90 bits per heavy atom. The van der Waals surface area contributed by atoms with Crippen LogP contribution in [-0.4, -0.2) is 22.3 Å². The lowest BCUT2D eigenvalue weighted by atomic mass is 10.2. The van der Waals surface area contributed by atoms with Crippen molar-refractivity contribution in [2.75, 3.05) is 12.8 Å². The van der Waals surface area contributed by atoms with E-state index in [4.69, 9.17) is 10.5 Å². The monoisotopic (exact) mass is 336 g/mol. The van der Waals surface area contributed by atoms with E-state index in [2.05, 4.69) is 20.6 Å². The second-order valence-corrected chi connectivity index (χ2v) is 7.13. The maximum absolute atomic E-state index is 5.56. The highest BCUT2D eigenvalue weighted by Gasteiger charge is 2.10. The summed E-state index contributed by atoms with van der Waals surface area (Å²) in [7, 11) is 1.67. The quantitative estimate of drug-likeness (QED) is 0.718. The van der Waals surface area contributed by atoms with E-state index in [-0.39, 0.29) is 0 Å². The molecule has 0 unspecified atom stereocenters. The van der Waals surface area contributed by atoms with Crippen LogP contribution in [0.4, 0.5) is 5.13 Å². The van der Waals surface area contributed by atoms with Crippen molar-refractivity contribution in [3.63, 3.8) is 0 Å². The molecular weight excluding hydrogens is 324 g/mol. The number of methoxy groups -OCH3 is 1. The zero-order valence-corrected chi connectivity index (χ0v) is 13.6. The maximum Gasteiger partial charge on any atom is 0.203 e. The first-order chi connectivity index (χ1) is 10.3. The summed E-state index contributed by atoms with van der Waals surface area (Å²) in [5, 5.41) is 11.3. The van der Waals surface area contributed by atoms with Gasteiger partial charge in [0.25, 0.3) is 0 Å². The normalized spacial score (nSPS) is 10.7. The van der Waals surface area contributed by atoms with Gasteiger partial charge in [-0.15, -0.1) is 21.5 Å². The molecule has 8 heteroatoms. The van der Waals surface area contributed by atoms with Gasteiger partial charge in [0, 0.05) is 11.1 Å². The Bertz CT molecular complexity index is 740. The number of para-hydroxylation sites is 1. The van der Waals surface area contributed by atoms with Crippen LogP contribution in [0, 0.1) is 0 Å². The van der Waals surface area contributed by atoms with E-state index in [0.717, 1.165) is 32.1 Å². The number of rotatable bonds is 5. The molecule has 3 aromatic rings. The minimum atomic E-state index is 0.491. The average Bonchev–Trinajstić information content (AvgIpc) is 3.14. The van der Waals surface area contributed by atoms with Crippen molar-refractivity contribution < 1.29 is 4.74 Å². The van der Waals surface area contributed by atoms with Gasteiger partial charge in [-0.05, 0) is 12.1 Å². The van der Waals surface area contributed by atoms with Crippen LogP contribution in [0.1, 0.15) is 5.69 Å². The lowest BCUT2D eigenvalue weighted by Gasteiger charge is -2.04. The van der Waals surface area contributed by atoms with Gasteiger partial charge in [0.2, 0.25) is 5.13 Å². The minimum Gasteiger partial charge on any atom is -0.496 e. The first-order valence-corrected chi connectivity index (χ1v) is 8.74. The summed E-state index contributed by atoms with van der Waals surface area (Å²) < 4.78 is 6.23. The van der Waals surface area contributed by atoms with Gasteiger partial charge in [-0.25, -0.2) is 4.98 Å². The Hall–Kier alpha value is -1.64. The van der Waals surface area contributed by atoms with E-state index in [1.807, 2.05) is 24.3 Å². The van der Waals surface area contributed by atoms with E-state index in [1.165, 1.54) is 11.3 Å². The molecule has 108 valence electrons. The zero-order chi connectivity index (χ0) is 14.7. The Morgan fingerprint density at radius 2 is 2.14 bits per heavy atom. The molecule has 3 rings (SSSR count). The van der Waals surface area contributed by atoms with Gasteiger partial charge in [0.1, 0.15) is 10.8 Å². The van der Waals surface area contributed by atoms with Crippen molar-refractivity contribution in [3.8, 4) is 16.3 Å². The number of hydrogen-bond donors (Lipinski definition) is 1. The topological polar surface area (TPSA) is 73.9 Å². The van der Waals surface area contributed by atoms with Crippen molar-refractivity contribution >= 4 is 39.6 Å². The maximum atomic E-state index is 5.56. The smallest absolute Gasteiger partial charge is 0.203 e. The van der Waals surface area contributed by atoms with E-state index in [9.17, 15) is 0 Å². The number of benzene rings is 1. The summed E-state index contributed by atoms with van der Waals surface area (Å²) in [5.41, 5.74) is 7.59. The Kier molecular flexibility index (Phi) is 4.37. The van der Waals surface area contributed by atoms with Crippen LogP contribution in [0.15, 0.2) is 34.0 Å². The van der Waals surface area contributed by atoms with Gasteiger partial charge in [0.05, 0.1) is 18.4 Å². The average molecular weight is 336 g/mol. The van der Waals surface area contributed by atoms with Gasteiger partial charge >= 0.3 is 0 Å². The van der Waals surface area contributed by atoms with Gasteiger partial charge in [-0.3, -0.25) is 0 Å². The third kappa shape index (κ3) is 3.34. The number of nitrogen functional groups attached to an aromatic ring is 1. The van der Waals surface area contributed by atoms with E-state index in [1.54, 1.807) is 30.2 Å². The molecule has 0 saturated carbocycles. The largest absolute Gasteiger partial charge is 0.496 e. The molecule has 0 bridgehead atoms. The number of thiazole rings is 1. The van der Waals surface area contributed by atoms with Crippen LogP contribution in [-0.2, 0) is 5.75 Å².